The maximum absolute atomic E-state index is 13.7. The van der Waals surface area contributed by atoms with Crippen molar-refractivity contribution in [2.75, 3.05) is 15.5 Å². The first-order valence-electron chi connectivity index (χ1n) is 15.5. The minimum absolute atomic E-state index is 0.0430. The van der Waals surface area contributed by atoms with Crippen LogP contribution in [0.3, 0.4) is 0 Å². The van der Waals surface area contributed by atoms with Crippen molar-refractivity contribution in [3.8, 4) is 17.2 Å². The molecule has 2 aliphatic rings. The SMILES string of the molecule is Cn1cc(-c2ccc(N(C(=O)NCc3ccccc3)C3CCC(Nc4ncc(C#N)c(NC5CCCC5O)n4)CC3)nc2)cn1. The number of aliphatic hydroxyl groups excluding tert-OH is 1. The molecule has 2 aliphatic carbocycles. The molecule has 232 valence electrons. The molecule has 1 aromatic carbocycles. The van der Waals surface area contributed by atoms with Gasteiger partial charge in [0.1, 0.15) is 23.3 Å². The van der Waals surface area contributed by atoms with Crippen molar-refractivity contribution in [3.05, 3.63) is 78.4 Å². The average molecular weight is 607 g/mol. The molecule has 2 amide bonds. The van der Waals surface area contributed by atoms with E-state index in [1.807, 2.05) is 55.7 Å². The highest BCUT2D eigenvalue weighted by molar-refractivity contribution is 5.91. The van der Waals surface area contributed by atoms with Gasteiger partial charge in [-0.3, -0.25) is 9.58 Å². The van der Waals surface area contributed by atoms with Gasteiger partial charge in [-0.15, -0.1) is 0 Å². The quantitative estimate of drug-likeness (QED) is 0.214. The van der Waals surface area contributed by atoms with Crippen molar-refractivity contribution >= 4 is 23.6 Å². The zero-order valence-electron chi connectivity index (χ0n) is 25.3. The van der Waals surface area contributed by atoms with Gasteiger partial charge in [0.25, 0.3) is 0 Å². The van der Waals surface area contributed by atoms with Crippen molar-refractivity contribution in [3.63, 3.8) is 0 Å². The van der Waals surface area contributed by atoms with Gasteiger partial charge >= 0.3 is 6.03 Å². The van der Waals surface area contributed by atoms with Gasteiger partial charge in [-0.2, -0.15) is 15.3 Å². The van der Waals surface area contributed by atoms with Crippen LogP contribution in [-0.2, 0) is 13.6 Å². The Kier molecular flexibility index (Phi) is 9.17. The second-order valence-electron chi connectivity index (χ2n) is 11.8. The Hall–Kier alpha value is -5.02. The summed E-state index contributed by atoms with van der Waals surface area (Å²) in [5.41, 5.74) is 3.27. The largest absolute Gasteiger partial charge is 0.391 e. The van der Waals surface area contributed by atoms with Crippen LogP contribution in [0.5, 0.6) is 0 Å². The Labute approximate surface area is 262 Å². The number of urea groups is 1. The topological polar surface area (TPSA) is 157 Å². The van der Waals surface area contributed by atoms with Gasteiger partial charge in [-0.05, 0) is 62.6 Å². The molecule has 6 rings (SSSR count). The first-order valence-corrected chi connectivity index (χ1v) is 15.5. The highest BCUT2D eigenvalue weighted by Gasteiger charge is 2.32. The lowest BCUT2D eigenvalue weighted by Gasteiger charge is -2.36. The predicted molar refractivity (Wildman–Crippen MR) is 171 cm³/mol. The van der Waals surface area contributed by atoms with Crippen molar-refractivity contribution < 1.29 is 9.90 Å². The van der Waals surface area contributed by atoms with Crippen LogP contribution >= 0.6 is 0 Å². The lowest BCUT2D eigenvalue weighted by atomic mass is 9.90. The number of carbonyl (C=O) groups excluding carboxylic acids is 1. The zero-order valence-corrected chi connectivity index (χ0v) is 25.3. The normalized spacial score (nSPS) is 21.1. The predicted octanol–water partition coefficient (Wildman–Crippen LogP) is 4.61. The number of aryl methyl sites for hydroxylation is 1. The number of aromatic nitrogens is 5. The molecule has 2 atom stereocenters. The fourth-order valence-electron chi connectivity index (χ4n) is 6.17. The van der Waals surface area contributed by atoms with Crippen molar-refractivity contribution in [1.29, 1.82) is 5.26 Å². The molecule has 2 unspecified atom stereocenters. The first-order chi connectivity index (χ1) is 22.0. The number of amides is 2. The van der Waals surface area contributed by atoms with Crippen LogP contribution in [0.25, 0.3) is 11.1 Å². The standard InChI is InChI=1S/C33H38N10O2/c1-42-21-25(20-38-42)23-10-15-30(35-18-23)43(33(45)37-17-22-6-3-2-4-7-22)27-13-11-26(12-14-27)39-32-36-19-24(16-34)31(41-32)40-28-8-5-9-29(28)44/h2-4,6-7,10,15,18-21,26-29,44H,5,8-9,11-14,17H2,1H3,(H,37,45)(H2,36,39,40,41). The molecule has 2 saturated carbocycles. The molecular weight excluding hydrogens is 568 g/mol. The summed E-state index contributed by atoms with van der Waals surface area (Å²) < 4.78 is 1.75. The minimum atomic E-state index is -0.452. The summed E-state index contributed by atoms with van der Waals surface area (Å²) in [7, 11) is 1.88. The van der Waals surface area contributed by atoms with E-state index in [0.29, 0.717) is 29.7 Å². The fraction of sp³-hybridized carbons (Fsp3) is 0.394. The lowest BCUT2D eigenvalue weighted by molar-refractivity contribution is 0.171. The number of nitrogens with one attached hydrogen (secondary N) is 3. The Morgan fingerprint density at radius 2 is 1.82 bits per heavy atom. The third-order valence-electron chi connectivity index (χ3n) is 8.64. The number of nitrogens with zero attached hydrogens (tertiary/aromatic N) is 7. The molecule has 0 radical (unpaired) electrons. The fourth-order valence-corrected chi connectivity index (χ4v) is 6.17. The summed E-state index contributed by atoms with van der Waals surface area (Å²) in [6.07, 6.45) is 12.2. The van der Waals surface area contributed by atoms with Crippen LogP contribution in [0.2, 0.25) is 0 Å². The van der Waals surface area contributed by atoms with Gasteiger partial charge in [0.15, 0.2) is 0 Å². The van der Waals surface area contributed by atoms with E-state index in [1.54, 1.807) is 22.0 Å². The second-order valence-corrected chi connectivity index (χ2v) is 11.8. The van der Waals surface area contributed by atoms with Crippen molar-refractivity contribution in [1.82, 2.24) is 30.0 Å². The second kappa shape index (κ2) is 13.7. The molecule has 0 spiro atoms. The summed E-state index contributed by atoms with van der Waals surface area (Å²) in [5.74, 6) is 1.49. The van der Waals surface area contributed by atoms with Crippen LogP contribution in [0, 0.1) is 11.3 Å². The van der Waals surface area contributed by atoms with E-state index in [0.717, 1.165) is 61.6 Å². The summed E-state index contributed by atoms with van der Waals surface area (Å²) in [6.45, 7) is 0.422. The van der Waals surface area contributed by atoms with Gasteiger partial charge in [-0.1, -0.05) is 30.3 Å². The maximum atomic E-state index is 13.7. The number of anilines is 3. The number of carbonyl (C=O) groups is 1. The zero-order chi connectivity index (χ0) is 31.2. The van der Waals surface area contributed by atoms with E-state index in [-0.39, 0.29) is 24.2 Å². The Morgan fingerprint density at radius 1 is 1.00 bits per heavy atom. The van der Waals surface area contributed by atoms with Crippen LogP contribution in [0.1, 0.15) is 56.1 Å². The molecule has 0 aliphatic heterocycles. The van der Waals surface area contributed by atoms with Crippen LogP contribution in [0.4, 0.5) is 22.4 Å². The van der Waals surface area contributed by atoms with Gasteiger partial charge in [0.05, 0.1) is 24.5 Å². The van der Waals surface area contributed by atoms with Gasteiger partial charge in [-0.25, -0.2) is 14.8 Å². The Morgan fingerprint density at radius 3 is 2.49 bits per heavy atom. The molecule has 4 N–H and O–H groups in total. The summed E-state index contributed by atoms with van der Waals surface area (Å²) in [5, 5.41) is 33.9. The van der Waals surface area contributed by atoms with E-state index < -0.39 is 6.10 Å². The minimum Gasteiger partial charge on any atom is -0.391 e. The number of aliphatic hydroxyl groups is 1. The molecule has 4 aromatic rings. The van der Waals surface area contributed by atoms with E-state index in [4.69, 9.17) is 4.98 Å². The molecule has 12 heteroatoms. The Bertz CT molecular complexity index is 1630. The molecule has 0 bridgehead atoms. The summed E-state index contributed by atoms with van der Waals surface area (Å²) in [4.78, 5) is 29.2. The van der Waals surface area contributed by atoms with E-state index in [1.165, 1.54) is 6.20 Å². The molecule has 2 fully saturated rings. The number of rotatable bonds is 9. The van der Waals surface area contributed by atoms with Gasteiger partial charge in [0.2, 0.25) is 5.95 Å². The maximum Gasteiger partial charge on any atom is 0.323 e. The monoisotopic (exact) mass is 606 g/mol. The summed E-state index contributed by atoms with van der Waals surface area (Å²) in [6, 6.07) is 15.6. The van der Waals surface area contributed by atoms with Gasteiger partial charge < -0.3 is 21.1 Å². The third kappa shape index (κ3) is 7.21. The van der Waals surface area contributed by atoms with Crippen LogP contribution in [-0.4, -0.2) is 60.1 Å². The number of pyridine rings is 1. The van der Waals surface area contributed by atoms with E-state index in [2.05, 4.69) is 37.1 Å². The number of hydrogen-bond donors (Lipinski definition) is 4. The highest BCUT2D eigenvalue weighted by Crippen LogP contribution is 2.30. The molecule has 3 aromatic heterocycles. The van der Waals surface area contributed by atoms with Crippen molar-refractivity contribution in [2.45, 2.75) is 75.7 Å². The van der Waals surface area contributed by atoms with E-state index >= 15 is 0 Å². The van der Waals surface area contributed by atoms with Crippen LogP contribution in [0.15, 0.2) is 67.3 Å². The van der Waals surface area contributed by atoms with Gasteiger partial charge in [0, 0.05) is 49.2 Å². The van der Waals surface area contributed by atoms with Crippen LogP contribution < -0.4 is 20.9 Å². The molecule has 0 saturated heterocycles. The number of hydrogen-bond acceptors (Lipinski definition) is 9. The average Bonchev–Trinajstić information content (AvgIpc) is 3.69. The van der Waals surface area contributed by atoms with E-state index in [9.17, 15) is 15.2 Å². The Balaban J connectivity index is 1.14. The first kappa shape index (κ1) is 30.0. The molecule has 3 heterocycles. The smallest absolute Gasteiger partial charge is 0.323 e. The number of nitriles is 1. The lowest BCUT2D eigenvalue weighted by Crippen LogP contribution is -2.49. The third-order valence-corrected chi connectivity index (χ3v) is 8.64. The molecule has 45 heavy (non-hydrogen) atoms. The summed E-state index contributed by atoms with van der Waals surface area (Å²) >= 11 is 0. The highest BCUT2D eigenvalue weighted by atomic mass is 16.3. The molecular formula is C33H38N10O2. The van der Waals surface area contributed by atoms with Crippen molar-refractivity contribution in [2.24, 2.45) is 7.05 Å². The molecule has 12 nitrogen and oxygen atoms in total. The number of benzene rings is 1.